The van der Waals surface area contributed by atoms with E-state index in [0.29, 0.717) is 19.5 Å². The Morgan fingerprint density at radius 1 is 1.00 bits per heavy atom. The number of aromatic nitrogens is 4. The maximum Gasteiger partial charge on any atom is 0.227 e. The largest absolute Gasteiger partial charge is 0.352 e. The van der Waals surface area contributed by atoms with Crippen molar-refractivity contribution in [3.05, 3.63) is 53.9 Å². The van der Waals surface area contributed by atoms with Crippen LogP contribution in [0.3, 0.4) is 0 Å². The van der Waals surface area contributed by atoms with Crippen molar-refractivity contribution < 1.29 is 4.79 Å². The molecule has 0 atom stereocenters. The molecule has 0 aliphatic carbocycles. The van der Waals surface area contributed by atoms with Crippen LogP contribution in [-0.2, 0) is 16.6 Å². The van der Waals surface area contributed by atoms with Crippen molar-refractivity contribution in [1.29, 1.82) is 0 Å². The van der Waals surface area contributed by atoms with Crippen molar-refractivity contribution in [1.82, 2.24) is 24.7 Å². The summed E-state index contributed by atoms with van der Waals surface area (Å²) in [5, 5.41) is 12.4. The Kier molecular flexibility index (Phi) is 4.75. The van der Waals surface area contributed by atoms with E-state index in [-0.39, 0.29) is 11.3 Å². The lowest BCUT2D eigenvalue weighted by Gasteiger charge is -2.35. The van der Waals surface area contributed by atoms with Gasteiger partial charge >= 0.3 is 0 Å². The smallest absolute Gasteiger partial charge is 0.227 e. The second-order valence-electron chi connectivity index (χ2n) is 8.32. The molecular formula is C21H26N6O. The normalized spacial score (nSPS) is 15.2. The van der Waals surface area contributed by atoms with Gasteiger partial charge in [0.15, 0.2) is 5.65 Å². The molecule has 1 amide bonds. The predicted molar refractivity (Wildman–Crippen MR) is 108 cm³/mol. The van der Waals surface area contributed by atoms with Gasteiger partial charge in [-0.3, -0.25) is 4.79 Å². The van der Waals surface area contributed by atoms with E-state index >= 15 is 0 Å². The molecule has 0 bridgehead atoms. The Bertz CT molecular complexity index is 964. The second-order valence-corrected chi connectivity index (χ2v) is 8.32. The molecule has 2 aromatic heterocycles. The molecule has 0 radical (unpaired) electrons. The third-order valence-corrected chi connectivity index (χ3v) is 5.28. The summed E-state index contributed by atoms with van der Waals surface area (Å²) >= 11 is 0. The lowest BCUT2D eigenvalue weighted by atomic mass is 9.86. The number of carbonyl (C=O) groups excluding carboxylic acids is 1. The first-order valence-corrected chi connectivity index (χ1v) is 9.69. The van der Waals surface area contributed by atoms with Gasteiger partial charge in [0, 0.05) is 26.2 Å². The maximum absolute atomic E-state index is 12.7. The van der Waals surface area contributed by atoms with E-state index in [1.807, 2.05) is 17.0 Å². The Labute approximate surface area is 165 Å². The highest BCUT2D eigenvalue weighted by Crippen LogP contribution is 2.22. The van der Waals surface area contributed by atoms with Crippen LogP contribution >= 0.6 is 0 Å². The predicted octanol–water partition coefficient (Wildman–Crippen LogP) is 2.31. The number of benzene rings is 1. The highest BCUT2D eigenvalue weighted by Gasteiger charge is 2.22. The summed E-state index contributed by atoms with van der Waals surface area (Å²) in [5.41, 5.74) is 3.22. The lowest BCUT2D eigenvalue weighted by Crippen LogP contribution is -2.49. The molecule has 0 saturated carbocycles. The summed E-state index contributed by atoms with van der Waals surface area (Å²) in [6, 6.07) is 12.3. The SMILES string of the molecule is CC(C)(C)c1ccc(CC(=O)N2CCN(c3ccc4nncn4n3)CC2)cc1. The second kappa shape index (κ2) is 7.22. The fourth-order valence-electron chi connectivity index (χ4n) is 3.48. The molecule has 1 aliphatic rings. The summed E-state index contributed by atoms with van der Waals surface area (Å²) in [4.78, 5) is 16.8. The van der Waals surface area contributed by atoms with Gasteiger partial charge in [0.1, 0.15) is 12.1 Å². The van der Waals surface area contributed by atoms with Crippen molar-refractivity contribution >= 4 is 17.4 Å². The molecule has 3 heterocycles. The average Bonchev–Trinajstić information content (AvgIpc) is 3.15. The van der Waals surface area contributed by atoms with Crippen LogP contribution < -0.4 is 4.90 Å². The van der Waals surface area contributed by atoms with Crippen LogP contribution in [0.4, 0.5) is 5.82 Å². The van der Waals surface area contributed by atoms with Gasteiger partial charge in [-0.05, 0) is 28.7 Å². The van der Waals surface area contributed by atoms with Gasteiger partial charge in [-0.25, -0.2) is 0 Å². The molecule has 7 nitrogen and oxygen atoms in total. The van der Waals surface area contributed by atoms with Gasteiger partial charge in [-0.2, -0.15) is 4.52 Å². The Balaban J connectivity index is 1.34. The minimum atomic E-state index is 0.128. The van der Waals surface area contributed by atoms with E-state index in [4.69, 9.17) is 0 Å². The zero-order valence-electron chi connectivity index (χ0n) is 16.7. The summed E-state index contributed by atoms with van der Waals surface area (Å²) in [6.45, 7) is 9.56. The first-order valence-electron chi connectivity index (χ1n) is 9.69. The highest BCUT2D eigenvalue weighted by molar-refractivity contribution is 5.79. The molecule has 7 heteroatoms. The monoisotopic (exact) mass is 378 g/mol. The number of amides is 1. The van der Waals surface area contributed by atoms with Crippen LogP contribution in [0.15, 0.2) is 42.7 Å². The fourth-order valence-corrected chi connectivity index (χ4v) is 3.48. The third kappa shape index (κ3) is 3.83. The third-order valence-electron chi connectivity index (χ3n) is 5.28. The highest BCUT2D eigenvalue weighted by atomic mass is 16.2. The number of hydrogen-bond acceptors (Lipinski definition) is 5. The van der Waals surface area contributed by atoms with Crippen molar-refractivity contribution in [3.8, 4) is 0 Å². The van der Waals surface area contributed by atoms with Crippen molar-refractivity contribution in [2.24, 2.45) is 0 Å². The number of anilines is 1. The standard InChI is InChI=1S/C21H26N6O/c1-21(2,3)17-6-4-16(5-7-17)14-20(28)26-12-10-25(11-13-26)19-9-8-18-23-22-15-27(18)24-19/h4-9,15H,10-14H2,1-3H3. The Morgan fingerprint density at radius 3 is 2.39 bits per heavy atom. The number of carbonyl (C=O) groups is 1. The zero-order valence-corrected chi connectivity index (χ0v) is 16.7. The molecule has 3 aromatic rings. The number of piperazine rings is 1. The minimum absolute atomic E-state index is 0.128. The molecular weight excluding hydrogens is 352 g/mol. The van der Waals surface area contributed by atoms with Crippen LogP contribution in [0.25, 0.3) is 5.65 Å². The van der Waals surface area contributed by atoms with Crippen molar-refractivity contribution in [2.75, 3.05) is 31.1 Å². The first kappa shape index (κ1) is 18.4. The van der Waals surface area contributed by atoms with E-state index in [1.54, 1.807) is 10.8 Å². The molecule has 1 aromatic carbocycles. The molecule has 4 rings (SSSR count). The molecule has 146 valence electrons. The summed E-state index contributed by atoms with van der Waals surface area (Å²) in [7, 11) is 0. The number of nitrogens with zero attached hydrogens (tertiary/aromatic N) is 6. The van der Waals surface area contributed by atoms with Gasteiger partial charge in [-0.15, -0.1) is 15.3 Å². The van der Waals surface area contributed by atoms with Crippen LogP contribution in [0.5, 0.6) is 0 Å². The number of fused-ring (bicyclic) bond motifs is 1. The Hall–Kier alpha value is -2.96. The molecule has 0 N–H and O–H groups in total. The molecule has 28 heavy (non-hydrogen) atoms. The molecule has 1 saturated heterocycles. The van der Waals surface area contributed by atoms with Crippen LogP contribution in [-0.4, -0.2) is 56.8 Å². The molecule has 1 aliphatic heterocycles. The number of rotatable bonds is 3. The van der Waals surface area contributed by atoms with Crippen LogP contribution in [0.1, 0.15) is 31.9 Å². The van der Waals surface area contributed by atoms with E-state index in [0.717, 1.165) is 30.1 Å². The van der Waals surface area contributed by atoms with E-state index in [1.165, 1.54) is 5.56 Å². The molecule has 0 spiro atoms. The summed E-state index contributed by atoms with van der Waals surface area (Å²) in [5.74, 6) is 1.07. The molecule has 1 fully saturated rings. The quantitative estimate of drug-likeness (QED) is 0.700. The number of hydrogen-bond donors (Lipinski definition) is 0. The van der Waals surface area contributed by atoms with E-state index in [9.17, 15) is 4.79 Å². The van der Waals surface area contributed by atoms with E-state index in [2.05, 4.69) is 65.2 Å². The zero-order chi connectivity index (χ0) is 19.7. The van der Waals surface area contributed by atoms with Gasteiger partial charge in [-0.1, -0.05) is 45.0 Å². The molecule has 0 unspecified atom stereocenters. The van der Waals surface area contributed by atoms with Gasteiger partial charge in [0.25, 0.3) is 0 Å². The van der Waals surface area contributed by atoms with Gasteiger partial charge in [0.2, 0.25) is 5.91 Å². The first-order chi connectivity index (χ1) is 13.4. The van der Waals surface area contributed by atoms with Gasteiger partial charge < -0.3 is 9.80 Å². The van der Waals surface area contributed by atoms with Crippen LogP contribution in [0.2, 0.25) is 0 Å². The summed E-state index contributed by atoms with van der Waals surface area (Å²) in [6.07, 6.45) is 2.05. The fraction of sp³-hybridized carbons (Fsp3) is 0.429. The lowest BCUT2D eigenvalue weighted by molar-refractivity contribution is -0.130. The topological polar surface area (TPSA) is 66.6 Å². The van der Waals surface area contributed by atoms with Gasteiger partial charge in [0.05, 0.1) is 6.42 Å². The van der Waals surface area contributed by atoms with E-state index < -0.39 is 0 Å². The minimum Gasteiger partial charge on any atom is -0.352 e. The average molecular weight is 378 g/mol. The Morgan fingerprint density at radius 2 is 1.71 bits per heavy atom. The van der Waals surface area contributed by atoms with Crippen molar-refractivity contribution in [3.63, 3.8) is 0 Å². The summed E-state index contributed by atoms with van der Waals surface area (Å²) < 4.78 is 1.67. The van der Waals surface area contributed by atoms with Crippen molar-refractivity contribution in [2.45, 2.75) is 32.6 Å². The van der Waals surface area contributed by atoms with Crippen LogP contribution in [0, 0.1) is 0 Å². The maximum atomic E-state index is 12.7.